The van der Waals surface area contributed by atoms with Crippen LogP contribution in [-0.4, -0.2) is 50.6 Å². The summed E-state index contributed by atoms with van der Waals surface area (Å²) < 4.78 is 20.5. The molecule has 1 N–H and O–H groups in total. The Morgan fingerprint density at radius 2 is 1.77 bits per heavy atom. The van der Waals surface area contributed by atoms with Crippen molar-refractivity contribution in [1.29, 1.82) is 0 Å². The number of ether oxygens (including phenoxy) is 4. The van der Waals surface area contributed by atoms with Gasteiger partial charge in [0.05, 0.1) is 28.6 Å². The molecule has 1 aromatic rings. The zero-order valence-corrected chi connectivity index (χ0v) is 18.1. The van der Waals surface area contributed by atoms with Crippen LogP contribution in [0.3, 0.4) is 0 Å². The predicted molar refractivity (Wildman–Crippen MR) is 110 cm³/mol. The first-order chi connectivity index (χ1) is 14.7. The van der Waals surface area contributed by atoms with Gasteiger partial charge >= 0.3 is 11.9 Å². The van der Waals surface area contributed by atoms with E-state index in [9.17, 15) is 19.7 Å². The van der Waals surface area contributed by atoms with Crippen molar-refractivity contribution in [1.82, 2.24) is 5.32 Å². The van der Waals surface area contributed by atoms with Crippen LogP contribution >= 0.6 is 0 Å². The Balaban J connectivity index is 2.59. The zero-order chi connectivity index (χ0) is 23.1. The van der Waals surface area contributed by atoms with Crippen molar-refractivity contribution in [2.45, 2.75) is 33.0 Å². The minimum Gasteiger partial charge on any atom is -0.460 e. The number of carbonyl (C=O) groups is 2. The highest BCUT2D eigenvalue weighted by atomic mass is 16.7. The molecule has 1 aliphatic heterocycles. The summed E-state index contributed by atoms with van der Waals surface area (Å²) in [4.78, 5) is 36.7. The van der Waals surface area contributed by atoms with Gasteiger partial charge in [-0.1, -0.05) is 12.1 Å². The van der Waals surface area contributed by atoms with Crippen molar-refractivity contribution in [3.05, 3.63) is 62.5 Å². The molecular weight excluding hydrogens is 408 g/mol. The molecular formula is C21H26N2O8. The van der Waals surface area contributed by atoms with E-state index in [1.54, 1.807) is 26.8 Å². The van der Waals surface area contributed by atoms with E-state index >= 15 is 0 Å². The Kier molecular flexibility index (Phi) is 8.29. The van der Waals surface area contributed by atoms with Gasteiger partial charge in [0.2, 0.25) is 0 Å². The fourth-order valence-electron chi connectivity index (χ4n) is 3.24. The van der Waals surface area contributed by atoms with Crippen molar-refractivity contribution in [3.8, 4) is 0 Å². The molecule has 1 aromatic carbocycles. The zero-order valence-electron chi connectivity index (χ0n) is 18.1. The Bertz CT molecular complexity index is 922. The first-order valence-corrected chi connectivity index (χ1v) is 9.54. The molecule has 2 rings (SSSR count). The molecule has 1 heterocycles. The first kappa shape index (κ1) is 24.0. The number of methoxy groups -OCH3 is 2. The number of dihydropyridines is 1. The van der Waals surface area contributed by atoms with E-state index in [1.165, 1.54) is 32.4 Å². The van der Waals surface area contributed by atoms with Crippen LogP contribution in [0.2, 0.25) is 0 Å². The maximum absolute atomic E-state index is 13.0. The molecule has 0 amide bonds. The second-order valence-corrected chi connectivity index (χ2v) is 6.82. The normalized spacial score (nSPS) is 17.1. The molecule has 10 nitrogen and oxygen atoms in total. The van der Waals surface area contributed by atoms with Gasteiger partial charge in [-0.15, -0.1) is 0 Å². The van der Waals surface area contributed by atoms with E-state index in [0.717, 1.165) is 0 Å². The number of esters is 2. The molecule has 31 heavy (non-hydrogen) atoms. The smallest absolute Gasteiger partial charge is 0.339 e. The molecule has 0 spiro atoms. The number of hydrogen-bond donors (Lipinski definition) is 1. The highest BCUT2D eigenvalue weighted by Gasteiger charge is 2.39. The van der Waals surface area contributed by atoms with Gasteiger partial charge < -0.3 is 24.3 Å². The van der Waals surface area contributed by atoms with E-state index in [1.807, 2.05) is 0 Å². The van der Waals surface area contributed by atoms with E-state index in [2.05, 4.69) is 5.32 Å². The van der Waals surface area contributed by atoms with Crippen molar-refractivity contribution in [2.24, 2.45) is 0 Å². The van der Waals surface area contributed by atoms with Gasteiger partial charge in [-0.2, -0.15) is 0 Å². The van der Waals surface area contributed by atoms with E-state index in [0.29, 0.717) is 17.0 Å². The number of allylic oxidation sites excluding steroid dienone is 2. The summed E-state index contributed by atoms with van der Waals surface area (Å²) in [6.45, 7) is 5.09. The number of hydrogen-bond acceptors (Lipinski definition) is 9. The highest BCUT2D eigenvalue weighted by molar-refractivity contribution is 6.00. The summed E-state index contributed by atoms with van der Waals surface area (Å²) in [5.74, 6) is -2.32. The summed E-state index contributed by atoms with van der Waals surface area (Å²) in [6.07, 6.45) is -0.831. The first-order valence-electron chi connectivity index (χ1n) is 9.54. The number of benzene rings is 1. The van der Waals surface area contributed by atoms with Crippen molar-refractivity contribution < 1.29 is 33.5 Å². The molecule has 2 unspecified atom stereocenters. The van der Waals surface area contributed by atoms with Crippen LogP contribution in [0.15, 0.2) is 46.8 Å². The van der Waals surface area contributed by atoms with Crippen molar-refractivity contribution in [3.63, 3.8) is 0 Å². The Morgan fingerprint density at radius 3 is 2.35 bits per heavy atom. The van der Waals surface area contributed by atoms with Gasteiger partial charge in [-0.25, -0.2) is 9.59 Å². The topological polar surface area (TPSA) is 126 Å². The van der Waals surface area contributed by atoms with Crippen LogP contribution in [0.25, 0.3) is 0 Å². The lowest BCUT2D eigenvalue weighted by Crippen LogP contribution is -2.33. The monoisotopic (exact) mass is 434 g/mol. The molecule has 1 aliphatic rings. The van der Waals surface area contributed by atoms with Crippen molar-refractivity contribution in [2.75, 3.05) is 27.4 Å². The molecule has 0 aliphatic carbocycles. The second-order valence-electron chi connectivity index (χ2n) is 6.82. The summed E-state index contributed by atoms with van der Waals surface area (Å²) in [5, 5.41) is 14.3. The van der Waals surface area contributed by atoms with Gasteiger partial charge in [-0.05, 0) is 26.3 Å². The van der Waals surface area contributed by atoms with Crippen molar-refractivity contribution >= 4 is 17.6 Å². The number of nitrogens with one attached hydrogen (secondary N) is 1. The lowest BCUT2D eigenvalue weighted by molar-refractivity contribution is -0.384. The number of rotatable bonds is 9. The number of carbonyl (C=O) groups excluding carboxylic acids is 2. The minimum absolute atomic E-state index is 0.0109. The SMILES string of the molecule is COCCOC(=O)C1=C(C)NC(C)=C(C(=O)OC(C)OC)C1c1cccc([N+](=O)[O-])c1. The third-order valence-electron chi connectivity index (χ3n) is 4.74. The van der Waals surface area contributed by atoms with Crippen LogP contribution in [0.1, 0.15) is 32.3 Å². The summed E-state index contributed by atoms with van der Waals surface area (Å²) in [5.41, 5.74) is 1.41. The summed E-state index contributed by atoms with van der Waals surface area (Å²) in [7, 11) is 2.86. The fraction of sp³-hybridized carbons (Fsp3) is 0.429. The van der Waals surface area contributed by atoms with Crippen LogP contribution in [0.4, 0.5) is 5.69 Å². The largest absolute Gasteiger partial charge is 0.460 e. The molecule has 0 aromatic heterocycles. The number of nitro groups is 1. The standard InChI is InChI=1S/C21H26N2O8/c1-12-17(20(24)30-10-9-28-4)19(15-7-6-8-16(11-15)23(26)27)18(13(2)22-12)21(25)31-14(3)29-5/h6-8,11,14,19,22H,9-10H2,1-5H3. The van der Waals surface area contributed by atoms with E-state index < -0.39 is 29.1 Å². The molecule has 0 fully saturated rings. The average molecular weight is 434 g/mol. The van der Waals surface area contributed by atoms with Crippen LogP contribution in [0, 0.1) is 10.1 Å². The van der Waals surface area contributed by atoms with Gasteiger partial charge in [0.1, 0.15) is 6.61 Å². The van der Waals surface area contributed by atoms with E-state index in [4.69, 9.17) is 18.9 Å². The highest BCUT2D eigenvalue weighted by Crippen LogP contribution is 2.40. The average Bonchev–Trinajstić information content (AvgIpc) is 2.72. The van der Waals surface area contributed by atoms with Crippen LogP contribution < -0.4 is 5.32 Å². The Morgan fingerprint density at radius 1 is 1.13 bits per heavy atom. The van der Waals surface area contributed by atoms with E-state index in [-0.39, 0.29) is 30.0 Å². The molecule has 0 bridgehead atoms. The quantitative estimate of drug-likeness (QED) is 0.205. The Labute approximate surface area is 180 Å². The molecule has 0 saturated carbocycles. The maximum Gasteiger partial charge on any atom is 0.339 e. The predicted octanol–water partition coefficient (Wildman–Crippen LogP) is 2.55. The van der Waals surface area contributed by atoms with Gasteiger partial charge in [0, 0.05) is 37.7 Å². The summed E-state index contributed by atoms with van der Waals surface area (Å²) in [6, 6.07) is 5.76. The number of nitro benzene ring substituents is 1. The molecule has 2 atom stereocenters. The number of non-ortho nitro benzene ring substituents is 1. The minimum atomic E-state index is -0.937. The lowest BCUT2D eigenvalue weighted by Gasteiger charge is -2.30. The molecule has 0 radical (unpaired) electrons. The number of nitrogens with zero attached hydrogens (tertiary/aromatic N) is 1. The maximum atomic E-state index is 13.0. The summed E-state index contributed by atoms with van der Waals surface area (Å²) >= 11 is 0. The van der Waals surface area contributed by atoms with Gasteiger partial charge in [0.25, 0.3) is 5.69 Å². The molecule has 168 valence electrons. The van der Waals surface area contributed by atoms with Gasteiger partial charge in [-0.3, -0.25) is 10.1 Å². The van der Waals surface area contributed by atoms with Gasteiger partial charge in [0.15, 0.2) is 6.29 Å². The molecule has 10 heteroatoms. The van der Waals surface area contributed by atoms with Crippen LogP contribution in [-0.2, 0) is 28.5 Å². The molecule has 0 saturated heterocycles. The fourth-order valence-corrected chi connectivity index (χ4v) is 3.24. The third kappa shape index (κ3) is 5.68. The Hall–Kier alpha value is -3.24. The van der Waals surface area contributed by atoms with Crippen LogP contribution in [0.5, 0.6) is 0 Å². The lowest BCUT2D eigenvalue weighted by atomic mass is 9.80. The second kappa shape index (κ2) is 10.7. The third-order valence-corrected chi connectivity index (χ3v) is 4.74.